The van der Waals surface area contributed by atoms with Crippen LogP contribution in [0.2, 0.25) is 0 Å². The van der Waals surface area contributed by atoms with Crippen LogP contribution in [0, 0.1) is 5.92 Å². The van der Waals surface area contributed by atoms with Crippen LogP contribution in [-0.4, -0.2) is 57.1 Å². The third-order valence-electron chi connectivity index (χ3n) is 3.37. The number of nitrogens with one attached hydrogen (secondary N) is 1. The van der Waals surface area contributed by atoms with Gasteiger partial charge in [-0.1, -0.05) is 6.08 Å². The highest BCUT2D eigenvalue weighted by atomic mass is 32.2. The van der Waals surface area contributed by atoms with Gasteiger partial charge >= 0.3 is 5.97 Å². The molecule has 114 valence electrons. The lowest BCUT2D eigenvalue weighted by atomic mass is 9.99. The molecule has 1 unspecified atom stereocenters. The molecule has 0 saturated carbocycles. The Morgan fingerprint density at radius 2 is 1.90 bits per heavy atom. The van der Waals surface area contributed by atoms with Gasteiger partial charge in [0.25, 0.3) is 10.2 Å². The molecule has 20 heavy (non-hydrogen) atoms. The van der Waals surface area contributed by atoms with E-state index < -0.39 is 38.0 Å². The topological polar surface area (TPSA) is 121 Å². The number of carboxylic acids is 1. The Morgan fingerprint density at radius 1 is 1.30 bits per heavy atom. The molecule has 0 aromatic rings. The van der Waals surface area contributed by atoms with Crippen LogP contribution in [-0.2, 0) is 24.8 Å². The fourth-order valence-corrected chi connectivity index (χ4v) is 4.98. The first-order valence-electron chi connectivity index (χ1n) is 6.11. The van der Waals surface area contributed by atoms with E-state index in [4.69, 9.17) is 5.11 Å². The summed E-state index contributed by atoms with van der Waals surface area (Å²) in [6.07, 6.45) is 1.82. The van der Waals surface area contributed by atoms with Crippen LogP contribution in [0.25, 0.3) is 0 Å². The van der Waals surface area contributed by atoms with E-state index in [0.717, 1.165) is 9.71 Å². The standard InChI is InChI=1S/C10H16N2O6S2/c13-10(14)8-1-4-12(5-2-8)20(17,18)11-9-3-6-19(15,16)7-9/h3,6,8-9,11H,1-2,4-5,7H2,(H,13,14). The summed E-state index contributed by atoms with van der Waals surface area (Å²) in [6.45, 7) is 0.241. The Balaban J connectivity index is 1.95. The van der Waals surface area contributed by atoms with E-state index in [9.17, 15) is 21.6 Å². The summed E-state index contributed by atoms with van der Waals surface area (Å²) in [5.41, 5.74) is 0. The van der Waals surface area contributed by atoms with E-state index in [1.807, 2.05) is 0 Å². The molecule has 1 fully saturated rings. The zero-order valence-electron chi connectivity index (χ0n) is 10.6. The molecular weight excluding hydrogens is 308 g/mol. The van der Waals surface area contributed by atoms with Gasteiger partial charge < -0.3 is 5.11 Å². The number of hydrogen-bond donors (Lipinski definition) is 2. The lowest BCUT2D eigenvalue weighted by Gasteiger charge is -2.30. The highest BCUT2D eigenvalue weighted by Crippen LogP contribution is 2.20. The molecule has 0 bridgehead atoms. The van der Waals surface area contributed by atoms with Gasteiger partial charge in [0.05, 0.1) is 17.7 Å². The summed E-state index contributed by atoms with van der Waals surface area (Å²) in [5.74, 6) is -1.72. The van der Waals surface area contributed by atoms with Crippen molar-refractivity contribution in [3.05, 3.63) is 11.5 Å². The molecule has 2 heterocycles. The van der Waals surface area contributed by atoms with Crippen LogP contribution in [0.1, 0.15) is 12.8 Å². The smallest absolute Gasteiger partial charge is 0.306 e. The van der Waals surface area contributed by atoms with Gasteiger partial charge in [-0.05, 0) is 12.8 Å². The van der Waals surface area contributed by atoms with Gasteiger partial charge in [0.2, 0.25) is 0 Å². The zero-order valence-corrected chi connectivity index (χ0v) is 12.2. The second-order valence-corrected chi connectivity index (χ2v) is 8.53. The summed E-state index contributed by atoms with van der Waals surface area (Å²) >= 11 is 0. The molecule has 2 aliphatic heterocycles. The third kappa shape index (κ3) is 3.57. The third-order valence-corrected chi connectivity index (χ3v) is 6.41. The van der Waals surface area contributed by atoms with Gasteiger partial charge in [0, 0.05) is 18.5 Å². The minimum Gasteiger partial charge on any atom is -0.481 e. The number of sulfone groups is 1. The van der Waals surface area contributed by atoms with Gasteiger partial charge in [0.15, 0.2) is 9.84 Å². The molecular formula is C10H16N2O6S2. The Morgan fingerprint density at radius 3 is 2.35 bits per heavy atom. The van der Waals surface area contributed by atoms with Crippen molar-refractivity contribution in [3.8, 4) is 0 Å². The molecule has 8 nitrogen and oxygen atoms in total. The van der Waals surface area contributed by atoms with Crippen molar-refractivity contribution in [2.45, 2.75) is 18.9 Å². The SMILES string of the molecule is O=C(O)C1CCN(S(=O)(=O)NC2C=CS(=O)(=O)C2)CC1. The van der Waals surface area contributed by atoms with Crippen molar-refractivity contribution >= 4 is 26.0 Å². The highest BCUT2D eigenvalue weighted by molar-refractivity contribution is 7.94. The molecule has 0 aromatic heterocycles. The number of carboxylic acid groups (broad SMARTS) is 1. The van der Waals surface area contributed by atoms with E-state index in [1.54, 1.807) is 0 Å². The van der Waals surface area contributed by atoms with E-state index in [-0.39, 0.29) is 31.7 Å². The molecule has 0 radical (unpaired) electrons. The quantitative estimate of drug-likeness (QED) is 0.679. The zero-order chi connectivity index (χ0) is 15.0. The molecule has 1 saturated heterocycles. The van der Waals surface area contributed by atoms with Crippen LogP contribution in [0.4, 0.5) is 0 Å². The molecule has 1 atom stereocenters. The Bertz CT molecular complexity index is 616. The van der Waals surface area contributed by atoms with E-state index in [2.05, 4.69) is 4.72 Å². The molecule has 0 spiro atoms. The van der Waals surface area contributed by atoms with Crippen molar-refractivity contribution in [2.75, 3.05) is 18.8 Å². The highest BCUT2D eigenvalue weighted by Gasteiger charge is 2.33. The van der Waals surface area contributed by atoms with Crippen LogP contribution >= 0.6 is 0 Å². The van der Waals surface area contributed by atoms with Crippen LogP contribution in [0.5, 0.6) is 0 Å². The number of nitrogens with zero attached hydrogens (tertiary/aromatic N) is 1. The lowest BCUT2D eigenvalue weighted by Crippen LogP contribution is -2.49. The van der Waals surface area contributed by atoms with Gasteiger partial charge in [0.1, 0.15) is 0 Å². The van der Waals surface area contributed by atoms with Crippen LogP contribution in [0.15, 0.2) is 11.5 Å². The fourth-order valence-electron chi connectivity index (χ4n) is 2.26. The monoisotopic (exact) mass is 324 g/mol. The minimum atomic E-state index is -3.79. The second-order valence-electron chi connectivity index (χ2n) is 4.90. The second kappa shape index (κ2) is 5.43. The Labute approximate surface area is 117 Å². The summed E-state index contributed by atoms with van der Waals surface area (Å²) < 4.78 is 50.0. The van der Waals surface area contributed by atoms with Crippen molar-refractivity contribution in [1.29, 1.82) is 0 Å². The number of hydrogen-bond acceptors (Lipinski definition) is 5. The molecule has 2 aliphatic rings. The molecule has 10 heteroatoms. The van der Waals surface area contributed by atoms with Crippen LogP contribution in [0.3, 0.4) is 0 Å². The van der Waals surface area contributed by atoms with E-state index >= 15 is 0 Å². The minimum absolute atomic E-state index is 0.121. The first-order chi connectivity index (χ1) is 9.20. The molecule has 0 aromatic carbocycles. The van der Waals surface area contributed by atoms with Crippen molar-refractivity contribution in [3.63, 3.8) is 0 Å². The summed E-state index contributed by atoms with van der Waals surface area (Å²) in [5, 5.41) is 9.85. The summed E-state index contributed by atoms with van der Waals surface area (Å²) in [6, 6.07) is -0.762. The van der Waals surface area contributed by atoms with Crippen molar-refractivity contribution < 1.29 is 26.7 Å². The Kier molecular flexibility index (Phi) is 4.19. The number of rotatable bonds is 4. The van der Waals surface area contributed by atoms with Gasteiger partial charge in [-0.25, -0.2) is 8.42 Å². The van der Waals surface area contributed by atoms with Crippen LogP contribution < -0.4 is 4.72 Å². The number of carbonyl (C=O) groups is 1. The lowest BCUT2D eigenvalue weighted by molar-refractivity contribution is -0.142. The Hall–Kier alpha value is -0.970. The van der Waals surface area contributed by atoms with E-state index in [1.165, 1.54) is 6.08 Å². The molecule has 0 aliphatic carbocycles. The predicted molar refractivity (Wildman–Crippen MR) is 70.7 cm³/mol. The fraction of sp³-hybridized carbons (Fsp3) is 0.700. The van der Waals surface area contributed by atoms with Crippen molar-refractivity contribution in [1.82, 2.24) is 9.03 Å². The largest absolute Gasteiger partial charge is 0.481 e. The first kappa shape index (κ1) is 15.4. The maximum absolute atomic E-state index is 12.1. The number of piperidine rings is 1. The normalized spacial score (nSPS) is 27.7. The van der Waals surface area contributed by atoms with Gasteiger partial charge in [-0.15, -0.1) is 0 Å². The maximum atomic E-state index is 12.1. The van der Waals surface area contributed by atoms with Gasteiger partial charge in [-0.3, -0.25) is 4.79 Å². The van der Waals surface area contributed by atoms with E-state index in [0.29, 0.717) is 0 Å². The average molecular weight is 324 g/mol. The molecule has 2 rings (SSSR count). The molecule has 0 amide bonds. The van der Waals surface area contributed by atoms with Gasteiger partial charge in [-0.2, -0.15) is 17.4 Å². The first-order valence-corrected chi connectivity index (χ1v) is 9.26. The summed E-state index contributed by atoms with van der Waals surface area (Å²) in [7, 11) is -7.11. The molecule has 2 N–H and O–H groups in total. The summed E-state index contributed by atoms with van der Waals surface area (Å²) in [4.78, 5) is 10.8. The average Bonchev–Trinajstić information content (AvgIpc) is 2.68. The predicted octanol–water partition coefficient (Wildman–Crippen LogP) is -1.07. The number of aliphatic carboxylic acids is 1. The maximum Gasteiger partial charge on any atom is 0.306 e. The van der Waals surface area contributed by atoms with Crippen molar-refractivity contribution in [2.24, 2.45) is 5.92 Å².